The van der Waals surface area contributed by atoms with Crippen LogP contribution in [0.15, 0.2) is 52.7 Å². The van der Waals surface area contributed by atoms with Crippen molar-refractivity contribution in [2.75, 3.05) is 0 Å². The molecule has 0 saturated heterocycles. The minimum Gasteiger partial charge on any atom is -0.457 e. The number of nitrogens with zero attached hydrogens (tertiary/aromatic N) is 1. The molecule has 104 valence electrons. The largest absolute Gasteiger partial charge is 0.457 e. The number of rotatable bonds is 4. The highest BCUT2D eigenvalue weighted by atomic mass is 16.5. The normalized spacial score (nSPS) is 10.7. The summed E-state index contributed by atoms with van der Waals surface area (Å²) in [6, 6.07) is 11.0. The maximum absolute atomic E-state index is 11.6. The number of nitrogens with two attached hydrogens (primary N) is 1. The SMILES string of the molecule is N#C/C(=C\c1ccc(OC(=O)c2ccco2)cc1)C(N)=O. The van der Waals surface area contributed by atoms with E-state index in [-0.39, 0.29) is 11.3 Å². The summed E-state index contributed by atoms with van der Waals surface area (Å²) in [6.45, 7) is 0. The van der Waals surface area contributed by atoms with Crippen molar-refractivity contribution in [2.24, 2.45) is 5.73 Å². The van der Waals surface area contributed by atoms with E-state index in [2.05, 4.69) is 0 Å². The Bertz CT molecular complexity index is 722. The smallest absolute Gasteiger partial charge is 0.379 e. The molecule has 6 nitrogen and oxygen atoms in total. The first-order chi connectivity index (χ1) is 10.1. The first-order valence-corrected chi connectivity index (χ1v) is 5.87. The molecule has 0 aliphatic rings. The summed E-state index contributed by atoms with van der Waals surface area (Å²) in [5.41, 5.74) is 5.46. The van der Waals surface area contributed by atoms with Gasteiger partial charge in [0.05, 0.1) is 6.26 Å². The lowest BCUT2D eigenvalue weighted by molar-refractivity contribution is -0.114. The van der Waals surface area contributed by atoms with Gasteiger partial charge in [0.1, 0.15) is 17.4 Å². The Morgan fingerprint density at radius 3 is 2.48 bits per heavy atom. The minimum atomic E-state index is -0.800. The third-order valence-corrected chi connectivity index (χ3v) is 2.51. The number of esters is 1. The molecular formula is C15H10N2O4. The van der Waals surface area contributed by atoms with E-state index in [0.717, 1.165) is 0 Å². The topological polar surface area (TPSA) is 106 Å². The third kappa shape index (κ3) is 3.58. The van der Waals surface area contributed by atoms with Crippen molar-refractivity contribution in [3.05, 3.63) is 59.6 Å². The van der Waals surface area contributed by atoms with Gasteiger partial charge in [0.25, 0.3) is 5.91 Å². The number of hydrogen-bond acceptors (Lipinski definition) is 5. The van der Waals surface area contributed by atoms with E-state index in [1.54, 1.807) is 24.3 Å². The van der Waals surface area contributed by atoms with Gasteiger partial charge in [-0.25, -0.2) is 4.79 Å². The van der Waals surface area contributed by atoms with Gasteiger partial charge in [0, 0.05) is 0 Å². The number of benzene rings is 1. The molecule has 0 aliphatic heterocycles. The highest BCUT2D eigenvalue weighted by Crippen LogP contribution is 2.16. The van der Waals surface area contributed by atoms with Gasteiger partial charge in [-0.3, -0.25) is 4.79 Å². The minimum absolute atomic E-state index is 0.0967. The van der Waals surface area contributed by atoms with Gasteiger partial charge in [-0.2, -0.15) is 5.26 Å². The third-order valence-electron chi connectivity index (χ3n) is 2.51. The first-order valence-electron chi connectivity index (χ1n) is 5.87. The van der Waals surface area contributed by atoms with Crippen molar-refractivity contribution < 1.29 is 18.7 Å². The summed E-state index contributed by atoms with van der Waals surface area (Å²) >= 11 is 0. The van der Waals surface area contributed by atoms with Crippen LogP contribution in [0, 0.1) is 11.3 Å². The molecule has 0 unspecified atom stereocenters. The van der Waals surface area contributed by atoms with E-state index in [1.165, 1.54) is 30.5 Å². The average molecular weight is 282 g/mol. The van der Waals surface area contributed by atoms with Crippen LogP contribution in [-0.2, 0) is 4.79 Å². The molecule has 2 N–H and O–H groups in total. The predicted molar refractivity (Wildman–Crippen MR) is 72.9 cm³/mol. The van der Waals surface area contributed by atoms with Crippen LogP contribution in [0.2, 0.25) is 0 Å². The molecule has 0 spiro atoms. The van der Waals surface area contributed by atoms with Crippen LogP contribution in [-0.4, -0.2) is 11.9 Å². The molecule has 0 bridgehead atoms. The number of ether oxygens (including phenoxy) is 1. The summed E-state index contributed by atoms with van der Waals surface area (Å²) in [7, 11) is 0. The highest BCUT2D eigenvalue weighted by Gasteiger charge is 2.11. The van der Waals surface area contributed by atoms with Gasteiger partial charge in [-0.05, 0) is 35.9 Å². The van der Waals surface area contributed by atoms with Crippen LogP contribution < -0.4 is 10.5 Å². The first kappa shape index (κ1) is 14.1. The Morgan fingerprint density at radius 1 is 1.24 bits per heavy atom. The summed E-state index contributed by atoms with van der Waals surface area (Å²) < 4.78 is 10.00. The zero-order valence-electron chi connectivity index (χ0n) is 10.8. The van der Waals surface area contributed by atoms with E-state index in [0.29, 0.717) is 11.3 Å². The molecule has 0 atom stereocenters. The lowest BCUT2D eigenvalue weighted by atomic mass is 10.1. The van der Waals surface area contributed by atoms with E-state index in [4.69, 9.17) is 20.1 Å². The number of hydrogen-bond donors (Lipinski definition) is 1. The molecule has 1 aromatic carbocycles. The van der Waals surface area contributed by atoms with E-state index in [1.807, 2.05) is 0 Å². The lowest BCUT2D eigenvalue weighted by Gasteiger charge is -2.02. The number of carbonyl (C=O) groups excluding carboxylic acids is 2. The Kier molecular flexibility index (Phi) is 4.17. The van der Waals surface area contributed by atoms with Gasteiger partial charge >= 0.3 is 5.97 Å². The molecule has 0 radical (unpaired) electrons. The molecule has 1 amide bonds. The Morgan fingerprint density at radius 2 is 1.95 bits per heavy atom. The van der Waals surface area contributed by atoms with Gasteiger partial charge in [0.15, 0.2) is 0 Å². The second-order valence-electron chi connectivity index (χ2n) is 3.97. The molecule has 0 aliphatic carbocycles. The van der Waals surface area contributed by atoms with E-state index >= 15 is 0 Å². The maximum Gasteiger partial charge on any atom is 0.379 e. The van der Waals surface area contributed by atoms with Crippen molar-refractivity contribution in [2.45, 2.75) is 0 Å². The van der Waals surface area contributed by atoms with Gasteiger partial charge in [0.2, 0.25) is 5.76 Å². The zero-order valence-corrected chi connectivity index (χ0v) is 10.8. The molecule has 2 rings (SSSR count). The molecule has 6 heteroatoms. The molecule has 1 aromatic heterocycles. The monoisotopic (exact) mass is 282 g/mol. The summed E-state index contributed by atoms with van der Waals surface area (Å²) in [5.74, 6) is -1.01. The van der Waals surface area contributed by atoms with E-state index < -0.39 is 11.9 Å². The number of nitriles is 1. The van der Waals surface area contributed by atoms with Crippen molar-refractivity contribution in [1.82, 2.24) is 0 Å². The number of amides is 1. The number of furan rings is 1. The van der Waals surface area contributed by atoms with Crippen molar-refractivity contribution in [3.8, 4) is 11.8 Å². The van der Waals surface area contributed by atoms with Crippen molar-refractivity contribution >= 4 is 18.0 Å². The van der Waals surface area contributed by atoms with Crippen LogP contribution in [0.1, 0.15) is 16.1 Å². The Balaban J connectivity index is 2.11. The second-order valence-corrected chi connectivity index (χ2v) is 3.97. The van der Waals surface area contributed by atoms with E-state index in [9.17, 15) is 9.59 Å². The second kappa shape index (κ2) is 6.21. The van der Waals surface area contributed by atoms with Crippen molar-refractivity contribution in [3.63, 3.8) is 0 Å². The van der Waals surface area contributed by atoms with Crippen molar-refractivity contribution in [1.29, 1.82) is 5.26 Å². The molecule has 0 saturated carbocycles. The van der Waals surface area contributed by atoms with Gasteiger partial charge in [-0.15, -0.1) is 0 Å². The molecule has 0 fully saturated rings. The number of carbonyl (C=O) groups is 2. The molecule has 2 aromatic rings. The van der Waals surface area contributed by atoms with Gasteiger partial charge < -0.3 is 14.9 Å². The van der Waals surface area contributed by atoms with Crippen LogP contribution in [0.4, 0.5) is 0 Å². The molecular weight excluding hydrogens is 272 g/mol. The Labute approximate surface area is 120 Å². The summed E-state index contributed by atoms with van der Waals surface area (Å²) in [6.07, 6.45) is 2.72. The van der Waals surface area contributed by atoms with Crippen LogP contribution in [0.3, 0.4) is 0 Å². The van der Waals surface area contributed by atoms with Crippen LogP contribution >= 0.6 is 0 Å². The quantitative estimate of drug-likeness (QED) is 0.399. The average Bonchev–Trinajstić information content (AvgIpc) is 3.00. The predicted octanol–water partition coefficient (Wildman–Crippen LogP) is 1.89. The fraction of sp³-hybridized carbons (Fsp3) is 0. The number of primary amides is 1. The summed E-state index contributed by atoms with van der Waals surface area (Å²) in [4.78, 5) is 22.6. The lowest BCUT2D eigenvalue weighted by Crippen LogP contribution is -2.12. The zero-order chi connectivity index (χ0) is 15.2. The van der Waals surface area contributed by atoms with Crippen LogP contribution in [0.25, 0.3) is 6.08 Å². The van der Waals surface area contributed by atoms with Gasteiger partial charge in [-0.1, -0.05) is 12.1 Å². The standard InChI is InChI=1S/C15H10N2O4/c16-9-11(14(17)18)8-10-3-5-12(6-4-10)21-15(19)13-2-1-7-20-13/h1-8H,(H2,17,18)/b11-8+. The summed E-state index contributed by atoms with van der Waals surface area (Å²) in [5, 5.41) is 8.74. The molecule has 1 heterocycles. The fourth-order valence-electron chi connectivity index (χ4n) is 1.51. The van der Waals surface area contributed by atoms with Crippen LogP contribution in [0.5, 0.6) is 5.75 Å². The molecule has 21 heavy (non-hydrogen) atoms. The Hall–Kier alpha value is -3.33. The fourth-order valence-corrected chi connectivity index (χ4v) is 1.51. The highest BCUT2D eigenvalue weighted by molar-refractivity contribution is 6.00. The maximum atomic E-state index is 11.6.